The van der Waals surface area contributed by atoms with Crippen LogP contribution in [0.15, 0.2) is 16.3 Å². The van der Waals surface area contributed by atoms with E-state index in [4.69, 9.17) is 0 Å². The summed E-state index contributed by atoms with van der Waals surface area (Å²) < 4.78 is 27.3. The van der Waals surface area contributed by atoms with E-state index in [0.717, 1.165) is 24.3 Å². The van der Waals surface area contributed by atoms with E-state index in [9.17, 15) is 8.42 Å². The van der Waals surface area contributed by atoms with Crippen LogP contribution in [0.5, 0.6) is 0 Å². The first kappa shape index (κ1) is 16.9. The number of sulfonamides is 1. The first-order chi connectivity index (χ1) is 9.77. The normalized spacial score (nSPS) is 16.6. The molecule has 1 N–H and O–H groups in total. The van der Waals surface area contributed by atoms with Crippen molar-refractivity contribution in [3.8, 4) is 0 Å². The quantitative estimate of drug-likeness (QED) is 0.797. The highest BCUT2D eigenvalue weighted by molar-refractivity contribution is 7.91. The van der Waals surface area contributed by atoms with Crippen molar-refractivity contribution >= 4 is 21.4 Å². The summed E-state index contributed by atoms with van der Waals surface area (Å²) in [5, 5.41) is 3.46. The van der Waals surface area contributed by atoms with Crippen molar-refractivity contribution in [1.29, 1.82) is 0 Å². The zero-order valence-electron chi connectivity index (χ0n) is 13.3. The van der Waals surface area contributed by atoms with E-state index in [0.29, 0.717) is 10.3 Å². The molecular formula is C15H26N2O2S2. The zero-order valence-corrected chi connectivity index (χ0v) is 15.0. The first-order valence-corrected chi connectivity index (χ1v) is 9.84. The van der Waals surface area contributed by atoms with Crippen LogP contribution in [-0.2, 0) is 16.4 Å². The molecule has 1 aliphatic rings. The van der Waals surface area contributed by atoms with E-state index in [1.54, 1.807) is 13.1 Å². The summed E-state index contributed by atoms with van der Waals surface area (Å²) in [6.07, 6.45) is 4.24. The van der Waals surface area contributed by atoms with Gasteiger partial charge < -0.3 is 5.32 Å². The zero-order chi connectivity index (χ0) is 15.7. The van der Waals surface area contributed by atoms with Gasteiger partial charge in [0, 0.05) is 30.1 Å². The minimum Gasteiger partial charge on any atom is -0.314 e. The van der Waals surface area contributed by atoms with Gasteiger partial charge in [-0.2, -0.15) is 4.31 Å². The molecule has 0 aromatic carbocycles. The molecule has 1 aliphatic carbocycles. The third kappa shape index (κ3) is 4.06. The second-order valence-corrected chi connectivity index (χ2v) is 9.70. The van der Waals surface area contributed by atoms with Gasteiger partial charge >= 0.3 is 0 Å². The predicted molar refractivity (Wildman–Crippen MR) is 88.4 cm³/mol. The topological polar surface area (TPSA) is 49.4 Å². The second-order valence-electron chi connectivity index (χ2n) is 6.34. The molecule has 0 spiro atoms. The van der Waals surface area contributed by atoms with Crippen molar-refractivity contribution in [3.63, 3.8) is 0 Å². The van der Waals surface area contributed by atoms with Crippen molar-refractivity contribution in [2.45, 2.75) is 62.2 Å². The third-order valence-corrected chi connectivity index (χ3v) is 8.03. The summed E-state index contributed by atoms with van der Waals surface area (Å²) in [6, 6.07) is 4.39. The monoisotopic (exact) mass is 330 g/mol. The molecule has 1 aromatic heterocycles. The van der Waals surface area contributed by atoms with Gasteiger partial charge in [0.15, 0.2) is 0 Å². The van der Waals surface area contributed by atoms with Gasteiger partial charge in [0.1, 0.15) is 4.21 Å². The minimum absolute atomic E-state index is 0.365. The van der Waals surface area contributed by atoms with Crippen LogP contribution in [0, 0.1) is 0 Å². The van der Waals surface area contributed by atoms with Crippen LogP contribution in [0.25, 0.3) is 0 Å². The van der Waals surface area contributed by atoms with Gasteiger partial charge in [-0.15, -0.1) is 11.3 Å². The Morgan fingerprint density at radius 3 is 2.62 bits per heavy atom. The molecule has 0 aliphatic heterocycles. The Hall–Kier alpha value is -0.430. The summed E-state index contributed by atoms with van der Waals surface area (Å²) in [4.78, 5) is 1.13. The van der Waals surface area contributed by atoms with E-state index in [1.165, 1.54) is 28.5 Å². The Morgan fingerprint density at radius 2 is 2.05 bits per heavy atom. The van der Waals surface area contributed by atoms with Crippen LogP contribution in [-0.4, -0.2) is 37.9 Å². The van der Waals surface area contributed by atoms with Gasteiger partial charge in [-0.25, -0.2) is 8.42 Å². The van der Waals surface area contributed by atoms with Crippen molar-refractivity contribution in [2.24, 2.45) is 0 Å². The fraction of sp³-hybridized carbons (Fsp3) is 0.733. The molecular weight excluding hydrogens is 304 g/mol. The van der Waals surface area contributed by atoms with Crippen LogP contribution in [0.1, 0.15) is 44.9 Å². The highest BCUT2D eigenvalue weighted by Crippen LogP contribution is 2.30. The molecule has 4 nitrogen and oxygen atoms in total. The molecule has 1 aromatic rings. The van der Waals surface area contributed by atoms with Crippen LogP contribution in [0.2, 0.25) is 0 Å². The molecule has 1 heterocycles. The van der Waals surface area contributed by atoms with Crippen molar-refractivity contribution < 1.29 is 8.42 Å². The van der Waals surface area contributed by atoms with Crippen molar-refractivity contribution in [1.82, 2.24) is 9.62 Å². The minimum atomic E-state index is -3.39. The lowest BCUT2D eigenvalue weighted by atomic mass is 10.0. The average Bonchev–Trinajstić information content (AvgIpc) is 3.13. The van der Waals surface area contributed by atoms with Crippen LogP contribution in [0.4, 0.5) is 0 Å². The Morgan fingerprint density at radius 1 is 1.38 bits per heavy atom. The number of nitrogens with zero attached hydrogens (tertiary/aromatic N) is 1. The lowest BCUT2D eigenvalue weighted by Crippen LogP contribution is -2.44. The molecule has 0 amide bonds. The molecule has 6 heteroatoms. The van der Waals surface area contributed by atoms with Gasteiger partial charge in [0.25, 0.3) is 10.0 Å². The Kier molecular flexibility index (Phi) is 5.13. The molecule has 21 heavy (non-hydrogen) atoms. The highest BCUT2D eigenvalue weighted by Gasteiger charge is 2.33. The first-order valence-electron chi connectivity index (χ1n) is 7.58. The Bertz CT molecular complexity index is 574. The molecule has 0 saturated heterocycles. The SMILES string of the molecule is CCC(C)(C)N(C)S(=O)(=O)c1ccc(CCNC2CC2)s1. The van der Waals surface area contributed by atoms with E-state index in [-0.39, 0.29) is 5.54 Å². The maximum atomic E-state index is 12.7. The number of thiophene rings is 1. The number of nitrogens with one attached hydrogen (secondary N) is 1. The summed E-state index contributed by atoms with van der Waals surface area (Å²) in [5.74, 6) is 0. The Labute approximate surface area is 132 Å². The largest absolute Gasteiger partial charge is 0.314 e. The second kappa shape index (κ2) is 6.36. The smallest absolute Gasteiger partial charge is 0.252 e. The van der Waals surface area contributed by atoms with Crippen LogP contribution >= 0.6 is 11.3 Å². The molecule has 0 radical (unpaired) electrons. The van der Waals surface area contributed by atoms with Gasteiger partial charge in [0.2, 0.25) is 0 Å². The summed E-state index contributed by atoms with van der Waals surface area (Å²) in [7, 11) is -1.71. The van der Waals surface area contributed by atoms with E-state index in [2.05, 4.69) is 5.32 Å². The van der Waals surface area contributed by atoms with Crippen LogP contribution in [0.3, 0.4) is 0 Å². The maximum Gasteiger partial charge on any atom is 0.252 e. The number of hydrogen-bond donors (Lipinski definition) is 1. The highest BCUT2D eigenvalue weighted by atomic mass is 32.2. The summed E-state index contributed by atoms with van der Waals surface area (Å²) in [5.41, 5.74) is -0.365. The van der Waals surface area contributed by atoms with E-state index < -0.39 is 10.0 Å². The third-order valence-electron chi connectivity index (χ3n) is 4.35. The lowest BCUT2D eigenvalue weighted by molar-refractivity contribution is 0.257. The molecule has 120 valence electrons. The molecule has 0 bridgehead atoms. The number of hydrogen-bond acceptors (Lipinski definition) is 4. The molecule has 0 atom stereocenters. The molecule has 2 rings (SSSR count). The maximum absolute atomic E-state index is 12.7. The average molecular weight is 331 g/mol. The fourth-order valence-electron chi connectivity index (χ4n) is 2.00. The van der Waals surface area contributed by atoms with Gasteiger partial charge in [-0.1, -0.05) is 6.92 Å². The lowest BCUT2D eigenvalue weighted by Gasteiger charge is -2.33. The molecule has 1 saturated carbocycles. The summed E-state index contributed by atoms with van der Waals surface area (Å²) in [6.45, 7) is 6.85. The Balaban J connectivity index is 2.04. The number of rotatable bonds is 8. The standard InChI is InChI=1S/C15H26N2O2S2/c1-5-15(2,3)17(4)21(18,19)14-9-8-13(20-14)10-11-16-12-6-7-12/h8-9,12,16H,5-7,10-11H2,1-4H3. The van der Waals surface area contributed by atoms with Crippen molar-refractivity contribution in [3.05, 3.63) is 17.0 Å². The van der Waals surface area contributed by atoms with Gasteiger partial charge in [-0.05, 0) is 51.7 Å². The van der Waals surface area contributed by atoms with Crippen LogP contribution < -0.4 is 5.32 Å². The fourth-order valence-corrected chi connectivity index (χ4v) is 5.10. The van der Waals surface area contributed by atoms with Gasteiger partial charge in [0.05, 0.1) is 0 Å². The van der Waals surface area contributed by atoms with Crippen molar-refractivity contribution in [2.75, 3.05) is 13.6 Å². The van der Waals surface area contributed by atoms with Gasteiger partial charge in [-0.3, -0.25) is 0 Å². The van der Waals surface area contributed by atoms with E-state index >= 15 is 0 Å². The van der Waals surface area contributed by atoms with E-state index in [1.807, 2.05) is 26.8 Å². The molecule has 1 fully saturated rings. The molecule has 0 unspecified atom stereocenters. The predicted octanol–water partition coefficient (Wildman–Crippen LogP) is 2.85. The summed E-state index contributed by atoms with van der Waals surface area (Å²) >= 11 is 1.40.